The molecule has 1 saturated heterocycles. The van der Waals surface area contributed by atoms with E-state index in [-0.39, 0.29) is 23.4 Å². The van der Waals surface area contributed by atoms with Crippen molar-refractivity contribution >= 4 is 44.3 Å². The predicted molar refractivity (Wildman–Crippen MR) is 147 cm³/mol. The molecule has 5 aromatic rings. The fourth-order valence-electron chi connectivity index (χ4n) is 6.45. The molecular formula is C29H26N6O2S. The highest BCUT2D eigenvalue weighted by Crippen LogP contribution is 2.50. The third-order valence-corrected chi connectivity index (χ3v) is 9.11. The summed E-state index contributed by atoms with van der Waals surface area (Å²) in [6.45, 7) is 2.55. The second-order valence-electron chi connectivity index (χ2n) is 10.5. The molecule has 7 rings (SSSR count). The number of carbonyl (C=O) groups is 2. The minimum Gasteiger partial charge on any atom is -0.361 e. The van der Waals surface area contributed by atoms with E-state index in [1.165, 1.54) is 11.3 Å². The molecule has 0 radical (unpaired) electrons. The van der Waals surface area contributed by atoms with Crippen LogP contribution in [0.2, 0.25) is 0 Å². The third kappa shape index (κ3) is 3.60. The number of aromatic nitrogens is 4. The number of aromatic amines is 1. The number of likely N-dealkylation sites (tertiary alicyclic amines) is 1. The summed E-state index contributed by atoms with van der Waals surface area (Å²) in [4.78, 5) is 46.1. The average Bonchev–Trinajstić information content (AvgIpc) is 3.73. The van der Waals surface area contributed by atoms with Crippen LogP contribution in [0.3, 0.4) is 0 Å². The molecule has 190 valence electrons. The third-order valence-electron chi connectivity index (χ3n) is 8.23. The van der Waals surface area contributed by atoms with Gasteiger partial charge in [-0.05, 0) is 61.8 Å². The molecule has 1 aliphatic heterocycles. The van der Waals surface area contributed by atoms with Gasteiger partial charge in [0.2, 0.25) is 0 Å². The van der Waals surface area contributed by atoms with Gasteiger partial charge in [0, 0.05) is 41.8 Å². The van der Waals surface area contributed by atoms with Crippen LogP contribution in [-0.2, 0) is 0 Å². The Kier molecular flexibility index (Phi) is 5.29. The number of fused-ring (bicyclic) bond motifs is 4. The van der Waals surface area contributed by atoms with Gasteiger partial charge in [0.1, 0.15) is 5.69 Å². The Hall–Kier alpha value is -4.11. The fourth-order valence-corrected chi connectivity index (χ4v) is 7.25. The van der Waals surface area contributed by atoms with E-state index < -0.39 is 0 Å². The first kappa shape index (κ1) is 23.0. The number of rotatable bonds is 5. The Morgan fingerprint density at radius 3 is 2.97 bits per heavy atom. The number of nitrogens with one attached hydrogen (secondary N) is 2. The van der Waals surface area contributed by atoms with E-state index >= 15 is 0 Å². The normalized spacial score (nSPS) is 22.4. The Bertz CT molecular complexity index is 1710. The van der Waals surface area contributed by atoms with Crippen molar-refractivity contribution in [3.8, 4) is 11.3 Å². The summed E-state index contributed by atoms with van der Waals surface area (Å²) in [5, 5.41) is 4.23. The van der Waals surface area contributed by atoms with Crippen molar-refractivity contribution in [3.63, 3.8) is 0 Å². The van der Waals surface area contributed by atoms with Gasteiger partial charge in [0.05, 0.1) is 27.3 Å². The van der Waals surface area contributed by atoms with Gasteiger partial charge >= 0.3 is 0 Å². The lowest BCUT2D eigenvalue weighted by Gasteiger charge is -2.41. The number of hydrogen-bond donors (Lipinski definition) is 2. The van der Waals surface area contributed by atoms with E-state index in [1.54, 1.807) is 17.9 Å². The van der Waals surface area contributed by atoms with Gasteiger partial charge in [-0.3, -0.25) is 14.6 Å². The quantitative estimate of drug-likeness (QED) is 0.336. The zero-order chi connectivity index (χ0) is 25.9. The first-order valence-corrected chi connectivity index (χ1v) is 13.7. The number of H-pyrrole nitrogens is 1. The van der Waals surface area contributed by atoms with E-state index in [4.69, 9.17) is 0 Å². The van der Waals surface area contributed by atoms with Crippen molar-refractivity contribution in [1.82, 2.24) is 30.2 Å². The molecule has 2 bridgehead atoms. The van der Waals surface area contributed by atoms with Crippen molar-refractivity contribution < 1.29 is 9.59 Å². The number of carbonyl (C=O) groups excluding carboxylic acids is 2. The maximum absolute atomic E-state index is 14.2. The average molecular weight is 523 g/mol. The summed E-state index contributed by atoms with van der Waals surface area (Å²) in [5.41, 5.74) is 5.66. The summed E-state index contributed by atoms with van der Waals surface area (Å²) in [6, 6.07) is 13.5. The molecule has 3 atom stereocenters. The van der Waals surface area contributed by atoms with Crippen LogP contribution in [0, 0.1) is 5.92 Å². The van der Waals surface area contributed by atoms with Gasteiger partial charge in [-0.2, -0.15) is 0 Å². The number of hydrogen-bond acceptors (Lipinski definition) is 6. The molecular weight excluding hydrogens is 496 g/mol. The van der Waals surface area contributed by atoms with Crippen LogP contribution in [0.4, 0.5) is 0 Å². The highest BCUT2D eigenvalue weighted by Gasteiger charge is 2.55. The van der Waals surface area contributed by atoms with Crippen LogP contribution >= 0.6 is 11.3 Å². The van der Waals surface area contributed by atoms with Crippen LogP contribution < -0.4 is 5.32 Å². The minimum atomic E-state index is -0.271. The van der Waals surface area contributed by atoms with E-state index in [9.17, 15) is 9.59 Å². The van der Waals surface area contributed by atoms with Crippen molar-refractivity contribution in [3.05, 3.63) is 77.8 Å². The second kappa shape index (κ2) is 8.73. The zero-order valence-electron chi connectivity index (χ0n) is 20.8. The van der Waals surface area contributed by atoms with Crippen LogP contribution in [0.15, 0.2) is 66.6 Å². The van der Waals surface area contributed by atoms with Crippen LogP contribution in [0.1, 0.15) is 47.0 Å². The summed E-state index contributed by atoms with van der Waals surface area (Å²) in [5.74, 6) is 0.0617. The predicted octanol–water partition coefficient (Wildman–Crippen LogP) is 5.05. The Balaban J connectivity index is 1.19. The topological polar surface area (TPSA) is 104 Å². The number of amides is 2. The Morgan fingerprint density at radius 2 is 2.05 bits per heavy atom. The van der Waals surface area contributed by atoms with E-state index in [0.29, 0.717) is 29.4 Å². The fraction of sp³-hybridized carbons (Fsp3) is 0.276. The van der Waals surface area contributed by atoms with Gasteiger partial charge < -0.3 is 15.2 Å². The smallest absolute Gasteiger partial charge is 0.275 e. The maximum atomic E-state index is 14.2. The molecule has 2 amide bonds. The number of piperidine rings is 1. The first-order valence-electron chi connectivity index (χ1n) is 12.8. The van der Waals surface area contributed by atoms with E-state index in [0.717, 1.165) is 45.9 Å². The molecule has 8 nitrogen and oxygen atoms in total. The molecule has 1 saturated carbocycles. The van der Waals surface area contributed by atoms with Crippen molar-refractivity contribution in [2.75, 3.05) is 6.54 Å². The van der Waals surface area contributed by atoms with Gasteiger partial charge in [-0.1, -0.05) is 18.2 Å². The van der Waals surface area contributed by atoms with E-state index in [2.05, 4.69) is 32.2 Å². The molecule has 3 aromatic heterocycles. The number of thiazole rings is 1. The van der Waals surface area contributed by atoms with Crippen molar-refractivity contribution in [1.29, 1.82) is 0 Å². The first-order chi connectivity index (χ1) is 18.5. The van der Waals surface area contributed by atoms with Crippen molar-refractivity contribution in [2.45, 2.75) is 37.8 Å². The van der Waals surface area contributed by atoms with Crippen LogP contribution in [0.5, 0.6) is 0 Å². The minimum absolute atomic E-state index is 0.105. The highest BCUT2D eigenvalue weighted by atomic mass is 32.1. The van der Waals surface area contributed by atoms with Crippen molar-refractivity contribution in [2.24, 2.45) is 5.92 Å². The number of benzene rings is 2. The summed E-state index contributed by atoms with van der Waals surface area (Å²) in [7, 11) is 0. The van der Waals surface area contributed by atoms with E-state index in [1.807, 2.05) is 53.6 Å². The van der Waals surface area contributed by atoms with Gasteiger partial charge in [0.15, 0.2) is 5.69 Å². The maximum Gasteiger partial charge on any atom is 0.275 e. The zero-order valence-corrected chi connectivity index (χ0v) is 21.7. The molecule has 4 heterocycles. The van der Waals surface area contributed by atoms with Gasteiger partial charge in [-0.25, -0.2) is 9.97 Å². The largest absolute Gasteiger partial charge is 0.361 e. The lowest BCUT2D eigenvalue weighted by Crippen LogP contribution is -2.55. The molecule has 2 aliphatic rings. The molecule has 38 heavy (non-hydrogen) atoms. The molecule has 2 N–H and O–H groups in total. The molecule has 2 fully saturated rings. The molecule has 2 aromatic carbocycles. The van der Waals surface area contributed by atoms with Crippen LogP contribution in [-0.4, -0.2) is 54.8 Å². The molecule has 0 spiro atoms. The van der Waals surface area contributed by atoms with Crippen LogP contribution in [0.25, 0.3) is 32.4 Å². The summed E-state index contributed by atoms with van der Waals surface area (Å²) < 4.78 is 0.876. The SMILES string of the molecule is C[C@@]12CC[C@@H](C1)[C@@H](CNC(=O)c1cccc3ncsc13)N2C(=O)c1nccnc1-c1ccc2cc[nH]c2c1. The Morgan fingerprint density at radius 1 is 1.16 bits per heavy atom. The second-order valence-corrected chi connectivity index (χ2v) is 11.3. The highest BCUT2D eigenvalue weighted by molar-refractivity contribution is 7.17. The lowest BCUT2D eigenvalue weighted by atomic mass is 9.95. The van der Waals surface area contributed by atoms with Gasteiger partial charge in [-0.15, -0.1) is 11.3 Å². The standard InChI is InChI=1S/C29H26N6O2S/c1-29-9-7-19(14-29)23(15-33-27(36)20-3-2-4-21-26(20)38-16-34-21)35(29)28(37)25-24(31-11-12-32-25)18-6-5-17-8-10-30-22(17)13-18/h2-6,8,10-13,16,19,23,30H,7,9,14-15H2,1H3,(H,33,36)/t19-,23+,29+/m0/s1. The summed E-state index contributed by atoms with van der Waals surface area (Å²) in [6.07, 6.45) is 8.01. The Labute approximate surface area is 223 Å². The molecule has 1 aliphatic carbocycles. The monoisotopic (exact) mass is 522 g/mol. The van der Waals surface area contributed by atoms with Gasteiger partial charge in [0.25, 0.3) is 11.8 Å². The summed E-state index contributed by atoms with van der Waals surface area (Å²) >= 11 is 1.46. The number of nitrogens with zero attached hydrogens (tertiary/aromatic N) is 4. The lowest BCUT2D eigenvalue weighted by molar-refractivity contribution is 0.0413. The molecule has 0 unspecified atom stereocenters. The molecule has 9 heteroatoms.